The van der Waals surface area contributed by atoms with E-state index in [-0.39, 0.29) is 22.1 Å². The highest BCUT2D eigenvalue weighted by Crippen LogP contribution is 2.36. The number of methoxy groups -OCH3 is 1. The van der Waals surface area contributed by atoms with Gasteiger partial charge in [0.2, 0.25) is 0 Å². The molecule has 0 aliphatic heterocycles. The predicted octanol–water partition coefficient (Wildman–Crippen LogP) is 2.40. The van der Waals surface area contributed by atoms with Crippen molar-refractivity contribution in [2.24, 2.45) is 11.8 Å². The van der Waals surface area contributed by atoms with E-state index in [4.69, 9.17) is 15.4 Å². The van der Waals surface area contributed by atoms with E-state index in [0.717, 1.165) is 0 Å². The molecule has 1 fully saturated rings. The number of halogens is 1. The number of nitrogens with one attached hydrogen (secondary N) is 1. The van der Waals surface area contributed by atoms with Gasteiger partial charge in [-0.25, -0.2) is 8.42 Å². The third-order valence-corrected chi connectivity index (χ3v) is 5.04. The van der Waals surface area contributed by atoms with E-state index < -0.39 is 9.05 Å². The molecule has 1 amide bonds. The fourth-order valence-corrected chi connectivity index (χ4v) is 3.22. The van der Waals surface area contributed by atoms with E-state index in [9.17, 15) is 13.2 Å². The van der Waals surface area contributed by atoms with Crippen LogP contribution in [0.4, 0.5) is 0 Å². The Balaban J connectivity index is 2.13. The van der Waals surface area contributed by atoms with E-state index in [1.807, 2.05) is 0 Å². The average Bonchev–Trinajstić information content (AvgIpc) is 3.27. The number of carbonyl (C=O) groups excluding carboxylic acids is 1. The molecule has 1 aromatic rings. The average molecular weight is 332 g/mol. The zero-order valence-electron chi connectivity index (χ0n) is 11.9. The maximum atomic E-state index is 12.1. The smallest absolute Gasteiger partial charge is 0.265 e. The second-order valence-corrected chi connectivity index (χ2v) is 7.86. The van der Waals surface area contributed by atoms with Crippen LogP contribution < -0.4 is 10.1 Å². The zero-order valence-corrected chi connectivity index (χ0v) is 13.5. The molecular formula is C14H18ClNO4S. The molecule has 1 N–H and O–H groups in total. The van der Waals surface area contributed by atoms with E-state index in [1.165, 1.54) is 38.2 Å². The standard InChI is InChI=1S/C14H18ClNO4S/c1-9(10-3-4-10)8-16-14(17)11-5-6-12(20-2)13(7-11)21(15,18)19/h5-7,9-10H,3-4,8H2,1-2H3,(H,16,17). The van der Waals surface area contributed by atoms with Crippen LogP contribution in [0.15, 0.2) is 23.1 Å². The highest BCUT2D eigenvalue weighted by atomic mass is 35.7. The van der Waals surface area contributed by atoms with Crippen LogP contribution in [0.5, 0.6) is 5.75 Å². The van der Waals surface area contributed by atoms with Gasteiger partial charge in [-0.3, -0.25) is 4.79 Å². The zero-order chi connectivity index (χ0) is 15.6. The lowest BCUT2D eigenvalue weighted by Gasteiger charge is -2.12. The summed E-state index contributed by atoms with van der Waals surface area (Å²) in [5.41, 5.74) is 0.248. The Morgan fingerprint density at radius 3 is 2.67 bits per heavy atom. The number of carbonyl (C=O) groups is 1. The Hall–Kier alpha value is -1.27. The lowest BCUT2D eigenvalue weighted by Crippen LogP contribution is -2.29. The van der Waals surface area contributed by atoms with Crippen LogP contribution in [-0.2, 0) is 9.05 Å². The first-order chi connectivity index (χ1) is 9.82. The molecule has 1 unspecified atom stereocenters. The van der Waals surface area contributed by atoms with Gasteiger partial charge in [-0.2, -0.15) is 0 Å². The van der Waals surface area contributed by atoms with Crippen LogP contribution in [0, 0.1) is 11.8 Å². The number of hydrogen-bond acceptors (Lipinski definition) is 4. The summed E-state index contributed by atoms with van der Waals surface area (Å²) in [7, 11) is 2.73. The molecule has 0 bridgehead atoms. The first-order valence-corrected chi connectivity index (χ1v) is 9.04. The topological polar surface area (TPSA) is 72.5 Å². The van der Waals surface area contributed by atoms with Crippen LogP contribution in [0.1, 0.15) is 30.1 Å². The van der Waals surface area contributed by atoms with Crippen molar-refractivity contribution in [1.29, 1.82) is 0 Å². The van der Waals surface area contributed by atoms with Gasteiger partial charge in [0.1, 0.15) is 10.6 Å². The van der Waals surface area contributed by atoms with Crippen molar-refractivity contribution < 1.29 is 17.9 Å². The van der Waals surface area contributed by atoms with Gasteiger partial charge in [0.15, 0.2) is 0 Å². The molecule has 21 heavy (non-hydrogen) atoms. The van der Waals surface area contributed by atoms with Gasteiger partial charge in [0.05, 0.1) is 7.11 Å². The van der Waals surface area contributed by atoms with E-state index in [1.54, 1.807) is 0 Å². The quantitative estimate of drug-likeness (QED) is 0.812. The van der Waals surface area contributed by atoms with Gasteiger partial charge in [-0.15, -0.1) is 0 Å². The summed E-state index contributed by atoms with van der Waals surface area (Å²) in [5, 5.41) is 2.82. The van der Waals surface area contributed by atoms with Gasteiger partial charge in [-0.1, -0.05) is 6.92 Å². The summed E-state index contributed by atoms with van der Waals surface area (Å²) in [4.78, 5) is 11.9. The van der Waals surface area contributed by atoms with Crippen molar-refractivity contribution in [2.75, 3.05) is 13.7 Å². The second-order valence-electron chi connectivity index (χ2n) is 5.33. The van der Waals surface area contributed by atoms with Gasteiger partial charge in [0, 0.05) is 22.8 Å². The number of benzene rings is 1. The molecule has 0 spiro atoms. The van der Waals surface area contributed by atoms with Gasteiger partial charge in [0.25, 0.3) is 15.0 Å². The number of hydrogen-bond donors (Lipinski definition) is 1. The molecule has 1 saturated carbocycles. The number of ether oxygens (including phenoxy) is 1. The minimum atomic E-state index is -3.97. The Bertz CT molecular complexity index is 640. The Kier molecular flexibility index (Phi) is 4.78. The third-order valence-electron chi connectivity index (χ3n) is 3.70. The van der Waals surface area contributed by atoms with Crippen LogP contribution in [-0.4, -0.2) is 28.0 Å². The van der Waals surface area contributed by atoms with Gasteiger partial charge >= 0.3 is 0 Å². The molecule has 7 heteroatoms. The molecule has 1 atom stereocenters. The van der Waals surface area contributed by atoms with Crippen LogP contribution in [0.3, 0.4) is 0 Å². The molecule has 1 aromatic carbocycles. The maximum absolute atomic E-state index is 12.1. The normalized spacial score (nSPS) is 16.3. The molecule has 5 nitrogen and oxygen atoms in total. The highest BCUT2D eigenvalue weighted by molar-refractivity contribution is 8.13. The van der Waals surface area contributed by atoms with E-state index >= 15 is 0 Å². The van der Waals surface area contributed by atoms with Crippen LogP contribution >= 0.6 is 10.7 Å². The molecule has 116 valence electrons. The van der Waals surface area contributed by atoms with Crippen LogP contribution in [0.25, 0.3) is 0 Å². The van der Waals surface area contributed by atoms with Crippen molar-refractivity contribution in [1.82, 2.24) is 5.32 Å². The SMILES string of the molecule is COc1ccc(C(=O)NCC(C)C2CC2)cc1S(=O)(=O)Cl. The number of amides is 1. The van der Waals surface area contributed by atoms with Gasteiger partial charge < -0.3 is 10.1 Å². The van der Waals surface area contributed by atoms with Crippen molar-refractivity contribution in [3.8, 4) is 5.75 Å². The highest BCUT2D eigenvalue weighted by Gasteiger charge is 2.28. The van der Waals surface area contributed by atoms with Gasteiger partial charge in [-0.05, 0) is 42.9 Å². The molecular weight excluding hydrogens is 314 g/mol. The second kappa shape index (κ2) is 6.23. The summed E-state index contributed by atoms with van der Waals surface area (Å²) in [6.07, 6.45) is 2.43. The first-order valence-electron chi connectivity index (χ1n) is 6.74. The molecule has 1 aliphatic rings. The lowest BCUT2D eigenvalue weighted by atomic mass is 10.1. The fourth-order valence-electron chi connectivity index (χ4n) is 2.20. The lowest BCUT2D eigenvalue weighted by molar-refractivity contribution is 0.0946. The fraction of sp³-hybridized carbons (Fsp3) is 0.500. The minimum Gasteiger partial charge on any atom is -0.495 e. The maximum Gasteiger partial charge on any atom is 0.265 e. The largest absolute Gasteiger partial charge is 0.495 e. The van der Waals surface area contributed by atoms with Crippen molar-refractivity contribution in [2.45, 2.75) is 24.7 Å². The molecule has 2 rings (SSSR count). The van der Waals surface area contributed by atoms with Crippen molar-refractivity contribution >= 4 is 25.6 Å². The third kappa shape index (κ3) is 4.11. The van der Waals surface area contributed by atoms with E-state index in [2.05, 4.69) is 12.2 Å². The summed E-state index contributed by atoms with van der Waals surface area (Å²) in [6.45, 7) is 2.68. The Labute approximate surface area is 129 Å². The summed E-state index contributed by atoms with van der Waals surface area (Å²) in [6, 6.07) is 4.17. The summed E-state index contributed by atoms with van der Waals surface area (Å²) >= 11 is 0. The molecule has 1 aliphatic carbocycles. The van der Waals surface area contributed by atoms with Crippen LogP contribution in [0.2, 0.25) is 0 Å². The summed E-state index contributed by atoms with van der Waals surface area (Å²) < 4.78 is 28.0. The van der Waals surface area contributed by atoms with Crippen molar-refractivity contribution in [3.63, 3.8) is 0 Å². The molecule has 0 heterocycles. The monoisotopic (exact) mass is 331 g/mol. The Morgan fingerprint density at radius 2 is 2.14 bits per heavy atom. The van der Waals surface area contributed by atoms with E-state index in [0.29, 0.717) is 18.4 Å². The summed E-state index contributed by atoms with van der Waals surface area (Å²) in [5.74, 6) is 0.933. The Morgan fingerprint density at radius 1 is 1.48 bits per heavy atom. The predicted molar refractivity (Wildman–Crippen MR) is 80.3 cm³/mol. The first kappa shape index (κ1) is 16.1. The molecule has 0 aromatic heterocycles. The van der Waals surface area contributed by atoms with Crippen molar-refractivity contribution in [3.05, 3.63) is 23.8 Å². The molecule has 0 saturated heterocycles. The molecule has 0 radical (unpaired) electrons. The number of rotatable bonds is 6. The minimum absolute atomic E-state index is 0.118.